The minimum absolute atomic E-state index is 0.739. The van der Waals surface area contributed by atoms with E-state index in [1.165, 1.54) is 4.88 Å². The second-order valence-corrected chi connectivity index (χ2v) is 7.13. The molecule has 22 heavy (non-hydrogen) atoms. The summed E-state index contributed by atoms with van der Waals surface area (Å²) < 4.78 is 1.02. The number of rotatable bonds is 4. The molecule has 0 radical (unpaired) electrons. The van der Waals surface area contributed by atoms with Crippen molar-refractivity contribution in [1.29, 1.82) is 0 Å². The third kappa shape index (κ3) is 3.35. The number of anilines is 2. The van der Waals surface area contributed by atoms with E-state index in [1.807, 2.05) is 48.5 Å². The number of hydrogen-bond acceptors (Lipinski definition) is 3. The molecule has 0 saturated heterocycles. The summed E-state index contributed by atoms with van der Waals surface area (Å²) in [5.74, 6) is 0. The Morgan fingerprint density at radius 3 is 2.55 bits per heavy atom. The molecular formula is C17H14BrClN2S. The zero-order valence-electron chi connectivity index (χ0n) is 11.9. The summed E-state index contributed by atoms with van der Waals surface area (Å²) in [6.07, 6.45) is 0.952. The molecule has 0 saturated carbocycles. The van der Waals surface area contributed by atoms with Gasteiger partial charge in [0.25, 0.3) is 0 Å². The maximum absolute atomic E-state index is 5.97. The van der Waals surface area contributed by atoms with Gasteiger partial charge in [-0.05, 0) is 46.6 Å². The van der Waals surface area contributed by atoms with E-state index in [0.29, 0.717) is 0 Å². The molecule has 0 bridgehead atoms. The van der Waals surface area contributed by atoms with Crippen molar-refractivity contribution < 1.29 is 0 Å². The first-order valence-corrected chi connectivity index (χ1v) is 8.93. The Morgan fingerprint density at radius 2 is 1.86 bits per heavy atom. The third-order valence-electron chi connectivity index (χ3n) is 3.25. The van der Waals surface area contributed by atoms with Crippen LogP contribution >= 0.6 is 38.9 Å². The lowest BCUT2D eigenvalue weighted by Gasteiger charge is -2.04. The number of aryl methyl sites for hydroxylation is 1. The fourth-order valence-electron chi connectivity index (χ4n) is 2.16. The summed E-state index contributed by atoms with van der Waals surface area (Å²) >= 11 is 11.2. The number of nitrogens with zero attached hydrogens (tertiary/aromatic N) is 1. The molecule has 2 nitrogen and oxygen atoms in total. The molecule has 0 aliphatic carbocycles. The fourth-order valence-corrected chi connectivity index (χ4v) is 3.60. The van der Waals surface area contributed by atoms with E-state index in [-0.39, 0.29) is 0 Å². The van der Waals surface area contributed by atoms with Crippen LogP contribution in [-0.4, -0.2) is 4.98 Å². The maximum Gasteiger partial charge on any atom is 0.188 e. The number of halogens is 2. The molecule has 3 rings (SSSR count). The van der Waals surface area contributed by atoms with Gasteiger partial charge in [0.15, 0.2) is 5.13 Å². The Morgan fingerprint density at radius 1 is 1.14 bits per heavy atom. The molecule has 1 aromatic heterocycles. The molecular weight excluding hydrogens is 380 g/mol. The minimum Gasteiger partial charge on any atom is -0.331 e. The van der Waals surface area contributed by atoms with Crippen molar-refractivity contribution in [3.63, 3.8) is 0 Å². The number of hydrogen-bond donors (Lipinski definition) is 1. The molecule has 1 heterocycles. The van der Waals surface area contributed by atoms with Crippen LogP contribution in [-0.2, 0) is 6.42 Å². The van der Waals surface area contributed by atoms with Crippen LogP contribution in [0.2, 0.25) is 5.02 Å². The molecule has 0 aliphatic heterocycles. The lowest BCUT2D eigenvalue weighted by Crippen LogP contribution is -1.90. The van der Waals surface area contributed by atoms with E-state index in [9.17, 15) is 0 Å². The van der Waals surface area contributed by atoms with Crippen LogP contribution in [0.4, 0.5) is 10.8 Å². The second kappa shape index (κ2) is 6.82. The van der Waals surface area contributed by atoms with E-state index in [0.717, 1.165) is 38.0 Å². The summed E-state index contributed by atoms with van der Waals surface area (Å²) in [7, 11) is 0. The summed E-state index contributed by atoms with van der Waals surface area (Å²) in [6, 6.07) is 15.9. The minimum atomic E-state index is 0.739. The van der Waals surface area contributed by atoms with Gasteiger partial charge in [0.2, 0.25) is 0 Å². The van der Waals surface area contributed by atoms with Gasteiger partial charge in [-0.2, -0.15) is 0 Å². The first-order valence-electron chi connectivity index (χ1n) is 6.94. The van der Waals surface area contributed by atoms with Crippen LogP contribution < -0.4 is 5.32 Å². The standard InChI is InChI=1S/C17H14BrClN2S/c1-2-15-16(11-7-9-12(19)10-8-11)21-17(22-15)20-14-6-4-3-5-13(14)18/h3-10H,2H2,1H3,(H,20,21). The number of thiazole rings is 1. The zero-order valence-corrected chi connectivity index (χ0v) is 15.1. The van der Waals surface area contributed by atoms with Crippen LogP contribution in [0, 0.1) is 0 Å². The average Bonchev–Trinajstić information content (AvgIpc) is 2.93. The van der Waals surface area contributed by atoms with E-state index >= 15 is 0 Å². The first-order chi connectivity index (χ1) is 10.7. The van der Waals surface area contributed by atoms with E-state index in [4.69, 9.17) is 16.6 Å². The monoisotopic (exact) mass is 392 g/mol. The van der Waals surface area contributed by atoms with Crippen molar-refractivity contribution in [2.45, 2.75) is 13.3 Å². The Labute approximate surface area is 147 Å². The van der Waals surface area contributed by atoms with Gasteiger partial charge in [0, 0.05) is 19.9 Å². The van der Waals surface area contributed by atoms with Crippen LogP contribution in [0.5, 0.6) is 0 Å². The summed E-state index contributed by atoms with van der Waals surface area (Å²) in [5, 5.41) is 5.02. The number of aromatic nitrogens is 1. The lowest BCUT2D eigenvalue weighted by atomic mass is 10.1. The Hall–Kier alpha value is -1.36. The van der Waals surface area contributed by atoms with Crippen LogP contribution in [0.1, 0.15) is 11.8 Å². The van der Waals surface area contributed by atoms with Crippen LogP contribution in [0.15, 0.2) is 53.0 Å². The molecule has 0 atom stereocenters. The normalized spacial score (nSPS) is 10.7. The Balaban J connectivity index is 1.95. The first kappa shape index (κ1) is 15.5. The highest BCUT2D eigenvalue weighted by Crippen LogP contribution is 2.34. The molecule has 1 N–H and O–H groups in total. The second-order valence-electron chi connectivity index (χ2n) is 4.76. The van der Waals surface area contributed by atoms with Gasteiger partial charge in [-0.25, -0.2) is 4.98 Å². The van der Waals surface area contributed by atoms with Gasteiger partial charge in [-0.3, -0.25) is 0 Å². The van der Waals surface area contributed by atoms with Gasteiger partial charge in [-0.1, -0.05) is 42.8 Å². The largest absolute Gasteiger partial charge is 0.331 e. The molecule has 3 aromatic rings. The topological polar surface area (TPSA) is 24.9 Å². The van der Waals surface area contributed by atoms with Crippen molar-refractivity contribution in [3.05, 3.63) is 62.9 Å². The maximum atomic E-state index is 5.97. The lowest BCUT2D eigenvalue weighted by molar-refractivity contribution is 1.17. The number of nitrogens with one attached hydrogen (secondary N) is 1. The molecule has 0 unspecified atom stereocenters. The van der Waals surface area contributed by atoms with E-state index in [1.54, 1.807) is 11.3 Å². The highest BCUT2D eigenvalue weighted by atomic mass is 79.9. The highest BCUT2D eigenvalue weighted by Gasteiger charge is 2.12. The van der Waals surface area contributed by atoms with Crippen LogP contribution in [0.25, 0.3) is 11.3 Å². The summed E-state index contributed by atoms with van der Waals surface area (Å²) in [6.45, 7) is 2.15. The van der Waals surface area contributed by atoms with E-state index in [2.05, 4.69) is 28.2 Å². The molecule has 0 spiro atoms. The Bertz CT molecular complexity index is 784. The van der Waals surface area contributed by atoms with Gasteiger partial charge < -0.3 is 5.32 Å². The molecule has 2 aromatic carbocycles. The predicted molar refractivity (Wildman–Crippen MR) is 99.4 cm³/mol. The predicted octanol–water partition coefficient (Wildman–Crippen LogP) is 6.53. The van der Waals surface area contributed by atoms with Gasteiger partial charge in [0.1, 0.15) is 0 Å². The van der Waals surface area contributed by atoms with Crippen molar-refractivity contribution in [2.75, 3.05) is 5.32 Å². The van der Waals surface area contributed by atoms with E-state index < -0.39 is 0 Å². The number of benzene rings is 2. The quantitative estimate of drug-likeness (QED) is 0.545. The van der Waals surface area contributed by atoms with Crippen LogP contribution in [0.3, 0.4) is 0 Å². The SMILES string of the molecule is CCc1sc(Nc2ccccc2Br)nc1-c1ccc(Cl)cc1. The van der Waals surface area contributed by atoms with Gasteiger partial charge in [-0.15, -0.1) is 11.3 Å². The van der Waals surface area contributed by atoms with Gasteiger partial charge >= 0.3 is 0 Å². The van der Waals surface area contributed by atoms with Crippen molar-refractivity contribution >= 4 is 49.7 Å². The fraction of sp³-hybridized carbons (Fsp3) is 0.118. The number of para-hydroxylation sites is 1. The zero-order chi connectivity index (χ0) is 15.5. The summed E-state index contributed by atoms with van der Waals surface area (Å²) in [5.41, 5.74) is 3.14. The molecule has 0 amide bonds. The van der Waals surface area contributed by atoms with Gasteiger partial charge in [0.05, 0.1) is 11.4 Å². The third-order valence-corrected chi connectivity index (χ3v) is 5.31. The Kier molecular flexibility index (Phi) is 4.81. The average molecular weight is 394 g/mol. The van der Waals surface area contributed by atoms with Crippen molar-refractivity contribution in [1.82, 2.24) is 4.98 Å². The van der Waals surface area contributed by atoms with Crippen molar-refractivity contribution in [2.24, 2.45) is 0 Å². The summed E-state index contributed by atoms with van der Waals surface area (Å²) in [4.78, 5) is 6.02. The molecule has 0 fully saturated rings. The molecule has 112 valence electrons. The highest BCUT2D eigenvalue weighted by molar-refractivity contribution is 9.10. The smallest absolute Gasteiger partial charge is 0.188 e. The van der Waals surface area contributed by atoms with Crippen molar-refractivity contribution in [3.8, 4) is 11.3 Å². The molecule has 5 heteroatoms. The molecule has 0 aliphatic rings.